The summed E-state index contributed by atoms with van der Waals surface area (Å²) in [5.74, 6) is 1.24. The highest BCUT2D eigenvalue weighted by Crippen LogP contribution is 2.32. The molecule has 41 heavy (non-hydrogen) atoms. The van der Waals surface area contributed by atoms with E-state index in [0.29, 0.717) is 27.7 Å². The highest BCUT2D eigenvalue weighted by atomic mass is 35.5. The second kappa shape index (κ2) is 11.3. The number of nitrogens with zero attached hydrogens (tertiary/aromatic N) is 5. The fraction of sp³-hybridized carbons (Fsp3) is 0.290. The average Bonchev–Trinajstić information content (AvgIpc) is 3.40. The molecule has 4 heterocycles. The molecule has 10 heteroatoms. The number of pyridine rings is 1. The van der Waals surface area contributed by atoms with Gasteiger partial charge in [-0.2, -0.15) is 10.1 Å². The van der Waals surface area contributed by atoms with Crippen molar-refractivity contribution in [2.24, 2.45) is 7.05 Å². The quantitative estimate of drug-likeness (QED) is 0.249. The van der Waals surface area contributed by atoms with Crippen LogP contribution >= 0.6 is 11.6 Å². The number of anilines is 2. The van der Waals surface area contributed by atoms with Gasteiger partial charge in [-0.05, 0) is 75.7 Å². The lowest BCUT2D eigenvalue weighted by Gasteiger charge is -2.24. The molecule has 0 aliphatic carbocycles. The van der Waals surface area contributed by atoms with Gasteiger partial charge in [0.2, 0.25) is 5.95 Å². The summed E-state index contributed by atoms with van der Waals surface area (Å²) < 4.78 is 9.56. The number of piperidine rings is 1. The summed E-state index contributed by atoms with van der Waals surface area (Å²) in [5, 5.41) is 12.1. The van der Waals surface area contributed by atoms with Crippen LogP contribution in [-0.4, -0.2) is 43.5 Å². The first kappa shape index (κ1) is 27.0. The van der Waals surface area contributed by atoms with Crippen LogP contribution in [0.1, 0.15) is 32.7 Å². The highest BCUT2D eigenvalue weighted by molar-refractivity contribution is 6.33. The van der Waals surface area contributed by atoms with E-state index in [1.165, 1.54) is 0 Å². The third kappa shape index (κ3) is 5.55. The Bertz CT molecular complexity index is 1760. The third-order valence-corrected chi connectivity index (χ3v) is 7.64. The Hall–Kier alpha value is -4.21. The topological polar surface area (TPSA) is 98.9 Å². The van der Waals surface area contributed by atoms with Gasteiger partial charge in [0.25, 0.3) is 5.56 Å². The molecule has 3 aromatic heterocycles. The number of nitrogens with one attached hydrogen (secondary N) is 2. The number of aromatic nitrogens is 5. The fourth-order valence-electron chi connectivity index (χ4n) is 5.26. The molecule has 5 aromatic rings. The molecule has 1 fully saturated rings. The maximum atomic E-state index is 13.8. The SMILES string of the molecule is CC(C)n1c(=O)c(-c2ccc(-c3ccnn3C)cc2Cl)cc2cnc(Nc3ccc(OC4CCCNC4)cc3)nc21. The van der Waals surface area contributed by atoms with Gasteiger partial charge < -0.3 is 15.4 Å². The first-order valence-electron chi connectivity index (χ1n) is 13.8. The molecular weight excluding hydrogens is 538 g/mol. The van der Waals surface area contributed by atoms with Gasteiger partial charge in [-0.25, -0.2) is 4.98 Å². The Morgan fingerprint density at radius 3 is 2.61 bits per heavy atom. The predicted molar refractivity (Wildman–Crippen MR) is 163 cm³/mol. The maximum absolute atomic E-state index is 13.8. The van der Waals surface area contributed by atoms with Gasteiger partial charge in [-0.3, -0.25) is 14.0 Å². The molecule has 0 radical (unpaired) electrons. The van der Waals surface area contributed by atoms with Crippen molar-refractivity contribution >= 4 is 34.3 Å². The number of benzene rings is 2. The lowest BCUT2D eigenvalue weighted by Crippen LogP contribution is -2.37. The summed E-state index contributed by atoms with van der Waals surface area (Å²) in [5.41, 5.74) is 4.24. The van der Waals surface area contributed by atoms with Crippen molar-refractivity contribution in [3.05, 3.63) is 82.4 Å². The van der Waals surface area contributed by atoms with Crippen LogP contribution < -0.4 is 20.9 Å². The van der Waals surface area contributed by atoms with Gasteiger partial charge in [-0.1, -0.05) is 23.7 Å². The summed E-state index contributed by atoms with van der Waals surface area (Å²) in [7, 11) is 1.88. The van der Waals surface area contributed by atoms with Gasteiger partial charge in [0.15, 0.2) is 0 Å². The van der Waals surface area contributed by atoms with E-state index in [0.717, 1.165) is 54.0 Å². The standard InChI is InChI=1S/C31H32ClN7O2/c1-19(2)39-29-21(15-26(30(39)40)25-11-6-20(16-27(25)32)28-12-14-35-38(28)3)17-34-31(37-29)36-22-7-9-23(10-8-22)41-24-5-4-13-33-18-24/h6-12,14-17,19,24,33H,4-5,13,18H2,1-3H3,(H,34,36,37). The Kier molecular flexibility index (Phi) is 7.47. The van der Waals surface area contributed by atoms with Crippen molar-refractivity contribution in [2.45, 2.75) is 38.8 Å². The molecule has 9 nitrogen and oxygen atoms in total. The minimum absolute atomic E-state index is 0.133. The molecule has 210 valence electrons. The molecule has 0 bridgehead atoms. The van der Waals surface area contributed by atoms with E-state index in [2.05, 4.69) is 20.7 Å². The van der Waals surface area contributed by atoms with Gasteiger partial charge in [-0.15, -0.1) is 0 Å². The molecule has 1 aliphatic heterocycles. The Balaban J connectivity index is 1.30. The average molecular weight is 570 g/mol. The zero-order valence-electron chi connectivity index (χ0n) is 23.3. The van der Waals surface area contributed by atoms with E-state index in [9.17, 15) is 4.79 Å². The third-order valence-electron chi connectivity index (χ3n) is 7.33. The van der Waals surface area contributed by atoms with Crippen molar-refractivity contribution in [2.75, 3.05) is 18.4 Å². The van der Waals surface area contributed by atoms with Crippen molar-refractivity contribution in [1.29, 1.82) is 0 Å². The Morgan fingerprint density at radius 1 is 1.10 bits per heavy atom. The van der Waals surface area contributed by atoms with Crippen molar-refractivity contribution in [3.8, 4) is 28.1 Å². The van der Waals surface area contributed by atoms with Crippen molar-refractivity contribution in [3.63, 3.8) is 0 Å². The number of hydrogen-bond acceptors (Lipinski definition) is 7. The van der Waals surface area contributed by atoms with Gasteiger partial charge in [0, 0.05) is 64.8 Å². The lowest BCUT2D eigenvalue weighted by atomic mass is 10.0. The molecule has 2 aromatic carbocycles. The van der Waals surface area contributed by atoms with Crippen LogP contribution in [0.4, 0.5) is 11.6 Å². The van der Waals surface area contributed by atoms with E-state index in [1.54, 1.807) is 21.6 Å². The normalized spacial score (nSPS) is 15.4. The number of ether oxygens (including phenoxy) is 1. The molecule has 1 unspecified atom stereocenters. The zero-order valence-corrected chi connectivity index (χ0v) is 24.0. The van der Waals surface area contributed by atoms with Crippen molar-refractivity contribution in [1.82, 2.24) is 29.6 Å². The molecule has 2 N–H and O–H groups in total. The smallest absolute Gasteiger partial charge is 0.260 e. The largest absolute Gasteiger partial charge is 0.489 e. The van der Waals surface area contributed by atoms with E-state index >= 15 is 0 Å². The minimum Gasteiger partial charge on any atom is -0.489 e. The summed E-state index contributed by atoms with van der Waals surface area (Å²) in [6.45, 7) is 5.85. The molecule has 6 rings (SSSR count). The van der Waals surface area contributed by atoms with Crippen LogP contribution in [0.2, 0.25) is 5.02 Å². The molecule has 0 amide bonds. The van der Waals surface area contributed by atoms with Crippen LogP contribution in [0.15, 0.2) is 71.8 Å². The second-order valence-electron chi connectivity index (χ2n) is 10.6. The Morgan fingerprint density at radius 2 is 1.93 bits per heavy atom. The van der Waals surface area contributed by atoms with Gasteiger partial charge in [0.1, 0.15) is 17.5 Å². The van der Waals surface area contributed by atoms with E-state index in [-0.39, 0.29) is 17.7 Å². The molecule has 1 saturated heterocycles. The number of fused-ring (bicyclic) bond motifs is 1. The van der Waals surface area contributed by atoms with Crippen LogP contribution in [0.3, 0.4) is 0 Å². The van der Waals surface area contributed by atoms with Crippen LogP contribution in [0.5, 0.6) is 5.75 Å². The number of aryl methyl sites for hydroxylation is 1. The van der Waals surface area contributed by atoms with Gasteiger partial charge >= 0.3 is 0 Å². The zero-order chi connectivity index (χ0) is 28.5. The molecular formula is C31H32ClN7O2. The van der Waals surface area contributed by atoms with Crippen LogP contribution in [0, 0.1) is 0 Å². The van der Waals surface area contributed by atoms with Gasteiger partial charge in [0.05, 0.1) is 5.69 Å². The number of halogens is 1. The highest BCUT2D eigenvalue weighted by Gasteiger charge is 2.18. The maximum Gasteiger partial charge on any atom is 0.260 e. The van der Waals surface area contributed by atoms with Crippen LogP contribution in [-0.2, 0) is 7.05 Å². The lowest BCUT2D eigenvalue weighted by molar-refractivity contribution is 0.167. The fourth-order valence-corrected chi connectivity index (χ4v) is 5.54. The minimum atomic E-state index is -0.161. The number of rotatable bonds is 7. The molecule has 0 saturated carbocycles. The monoisotopic (exact) mass is 569 g/mol. The Labute approximate surface area is 243 Å². The van der Waals surface area contributed by atoms with E-state index in [4.69, 9.17) is 21.3 Å². The summed E-state index contributed by atoms with van der Waals surface area (Å²) in [4.78, 5) is 23.1. The predicted octanol–water partition coefficient (Wildman–Crippen LogP) is 5.97. The molecule has 0 spiro atoms. The summed E-state index contributed by atoms with van der Waals surface area (Å²) in [6.07, 6.45) is 5.85. The van der Waals surface area contributed by atoms with Crippen molar-refractivity contribution < 1.29 is 4.74 Å². The molecule has 1 atom stereocenters. The summed E-state index contributed by atoms with van der Waals surface area (Å²) >= 11 is 6.74. The first-order valence-corrected chi connectivity index (χ1v) is 14.2. The van der Waals surface area contributed by atoms with E-state index < -0.39 is 0 Å². The summed E-state index contributed by atoms with van der Waals surface area (Å²) in [6, 6.07) is 17.1. The van der Waals surface area contributed by atoms with Crippen LogP contribution in [0.25, 0.3) is 33.4 Å². The second-order valence-corrected chi connectivity index (χ2v) is 11.0. The van der Waals surface area contributed by atoms with E-state index in [1.807, 2.05) is 75.5 Å². The number of hydrogen-bond donors (Lipinski definition) is 2. The molecule has 1 aliphatic rings. The first-order chi connectivity index (χ1) is 19.9.